The van der Waals surface area contributed by atoms with Crippen molar-refractivity contribution in [2.45, 2.75) is 25.7 Å². The van der Waals surface area contributed by atoms with Crippen molar-refractivity contribution in [3.8, 4) is 0 Å². The number of nitrogens with zero attached hydrogens (tertiary/aromatic N) is 1. The molecule has 1 aromatic carbocycles. The highest BCUT2D eigenvalue weighted by molar-refractivity contribution is 5.87. The molecular formula is C16H16N2. The number of imidazole rings is 1. The van der Waals surface area contributed by atoms with Gasteiger partial charge in [-0.3, -0.25) is 0 Å². The van der Waals surface area contributed by atoms with Gasteiger partial charge >= 0.3 is 0 Å². The van der Waals surface area contributed by atoms with Crippen LogP contribution in [0.25, 0.3) is 11.6 Å². The molecule has 2 nitrogen and oxygen atoms in total. The van der Waals surface area contributed by atoms with Crippen LogP contribution in [0.1, 0.15) is 35.5 Å². The molecule has 0 aliphatic heterocycles. The zero-order valence-corrected chi connectivity index (χ0v) is 10.3. The van der Waals surface area contributed by atoms with Gasteiger partial charge in [0.05, 0.1) is 11.9 Å². The molecule has 0 radical (unpaired) electrons. The fourth-order valence-corrected chi connectivity index (χ4v) is 2.68. The van der Waals surface area contributed by atoms with Crippen molar-refractivity contribution >= 4 is 11.6 Å². The Kier molecular flexibility index (Phi) is 2.16. The first-order chi connectivity index (χ1) is 8.88. The zero-order valence-electron chi connectivity index (χ0n) is 10.3. The van der Waals surface area contributed by atoms with Crippen LogP contribution in [0.2, 0.25) is 0 Å². The van der Waals surface area contributed by atoms with Crippen molar-refractivity contribution in [2.75, 3.05) is 0 Å². The van der Waals surface area contributed by atoms with Crippen LogP contribution in [0.3, 0.4) is 0 Å². The lowest BCUT2D eigenvalue weighted by Gasteiger charge is -1.98. The summed E-state index contributed by atoms with van der Waals surface area (Å²) in [6.07, 6.45) is 9.19. The molecule has 1 N–H and O–H groups in total. The highest BCUT2D eigenvalue weighted by Crippen LogP contribution is 2.33. The molecule has 18 heavy (non-hydrogen) atoms. The summed E-state index contributed by atoms with van der Waals surface area (Å²) in [5.41, 5.74) is 5.34. The normalized spacial score (nSPS) is 17.7. The number of rotatable bonds is 3. The Balaban J connectivity index is 1.59. The quantitative estimate of drug-likeness (QED) is 0.868. The van der Waals surface area contributed by atoms with Crippen molar-refractivity contribution in [3.05, 3.63) is 53.1 Å². The van der Waals surface area contributed by atoms with E-state index in [1.165, 1.54) is 35.2 Å². The van der Waals surface area contributed by atoms with Gasteiger partial charge in [0.25, 0.3) is 0 Å². The van der Waals surface area contributed by atoms with Crippen LogP contribution in [-0.4, -0.2) is 9.97 Å². The lowest BCUT2D eigenvalue weighted by atomic mass is 10.1. The molecule has 1 aromatic heterocycles. The van der Waals surface area contributed by atoms with Crippen molar-refractivity contribution in [2.24, 2.45) is 5.92 Å². The number of fused-ring (bicyclic) bond motifs is 1. The molecular weight excluding hydrogens is 220 g/mol. The minimum absolute atomic E-state index is 0.888. The van der Waals surface area contributed by atoms with Gasteiger partial charge in [0.15, 0.2) is 0 Å². The molecule has 2 heteroatoms. The monoisotopic (exact) mass is 236 g/mol. The van der Waals surface area contributed by atoms with Gasteiger partial charge in [-0.2, -0.15) is 0 Å². The molecule has 0 amide bonds. The number of hydrogen-bond acceptors (Lipinski definition) is 1. The van der Waals surface area contributed by atoms with Gasteiger partial charge in [0, 0.05) is 12.8 Å². The third-order valence-electron chi connectivity index (χ3n) is 3.92. The summed E-state index contributed by atoms with van der Waals surface area (Å²) < 4.78 is 0. The summed E-state index contributed by atoms with van der Waals surface area (Å²) in [5.74, 6) is 2.04. The Morgan fingerprint density at radius 1 is 1.22 bits per heavy atom. The van der Waals surface area contributed by atoms with E-state index in [-0.39, 0.29) is 0 Å². The highest BCUT2D eigenvalue weighted by atomic mass is 14.9. The van der Waals surface area contributed by atoms with Gasteiger partial charge in [-0.15, -0.1) is 0 Å². The van der Waals surface area contributed by atoms with Crippen molar-refractivity contribution < 1.29 is 0 Å². The van der Waals surface area contributed by atoms with Crippen LogP contribution in [0, 0.1) is 5.92 Å². The van der Waals surface area contributed by atoms with Gasteiger partial charge < -0.3 is 4.98 Å². The smallest absolute Gasteiger partial charge is 0.106 e. The molecule has 0 saturated heterocycles. The molecule has 4 rings (SSSR count). The molecule has 0 bridgehead atoms. The lowest BCUT2D eigenvalue weighted by Crippen LogP contribution is -1.90. The molecule has 2 aliphatic rings. The summed E-state index contributed by atoms with van der Waals surface area (Å²) in [5, 5.41) is 0. The first kappa shape index (κ1) is 10.1. The molecule has 0 unspecified atom stereocenters. The second kappa shape index (κ2) is 3.84. The molecule has 1 heterocycles. The molecule has 1 fully saturated rings. The lowest BCUT2D eigenvalue weighted by molar-refractivity contribution is 0.783. The Labute approximate surface area is 107 Å². The zero-order chi connectivity index (χ0) is 11.9. The summed E-state index contributed by atoms with van der Waals surface area (Å²) in [6, 6.07) is 8.61. The van der Waals surface area contributed by atoms with E-state index in [2.05, 4.69) is 40.3 Å². The van der Waals surface area contributed by atoms with E-state index in [0.29, 0.717) is 0 Å². The topological polar surface area (TPSA) is 28.7 Å². The number of nitrogens with one attached hydrogen (secondary N) is 1. The van der Waals surface area contributed by atoms with Crippen molar-refractivity contribution in [3.63, 3.8) is 0 Å². The van der Waals surface area contributed by atoms with E-state index in [1.807, 2.05) is 6.20 Å². The maximum Gasteiger partial charge on any atom is 0.106 e. The van der Waals surface area contributed by atoms with Crippen LogP contribution in [0.4, 0.5) is 0 Å². The first-order valence-corrected chi connectivity index (χ1v) is 6.71. The van der Waals surface area contributed by atoms with Crippen LogP contribution >= 0.6 is 0 Å². The van der Waals surface area contributed by atoms with Crippen LogP contribution in [0.5, 0.6) is 0 Å². The van der Waals surface area contributed by atoms with Crippen molar-refractivity contribution in [1.82, 2.24) is 9.97 Å². The highest BCUT2D eigenvalue weighted by Gasteiger charge is 2.23. The molecule has 1 saturated carbocycles. The number of aromatic amines is 1. The van der Waals surface area contributed by atoms with Gasteiger partial charge in [0.1, 0.15) is 5.82 Å². The number of allylic oxidation sites excluding steroid dienone is 1. The van der Waals surface area contributed by atoms with Crippen molar-refractivity contribution in [1.29, 1.82) is 0 Å². The summed E-state index contributed by atoms with van der Waals surface area (Å²) in [7, 11) is 0. The fourth-order valence-electron chi connectivity index (χ4n) is 2.68. The summed E-state index contributed by atoms with van der Waals surface area (Å²) >= 11 is 0. The van der Waals surface area contributed by atoms with E-state index in [4.69, 9.17) is 0 Å². The average molecular weight is 236 g/mol. The molecule has 2 aromatic rings. The Morgan fingerprint density at radius 2 is 2.11 bits per heavy atom. The third kappa shape index (κ3) is 1.78. The molecule has 2 aliphatic carbocycles. The van der Waals surface area contributed by atoms with Crippen LogP contribution in [0.15, 0.2) is 30.5 Å². The van der Waals surface area contributed by atoms with E-state index in [0.717, 1.165) is 24.6 Å². The van der Waals surface area contributed by atoms with Gasteiger partial charge in [-0.1, -0.05) is 24.3 Å². The molecule has 0 spiro atoms. The number of aromatic nitrogens is 2. The van der Waals surface area contributed by atoms with E-state index >= 15 is 0 Å². The van der Waals surface area contributed by atoms with Gasteiger partial charge in [-0.25, -0.2) is 4.98 Å². The van der Waals surface area contributed by atoms with Gasteiger partial charge in [-0.05, 0) is 41.5 Å². The number of H-pyrrole nitrogens is 1. The third-order valence-corrected chi connectivity index (χ3v) is 3.92. The number of hydrogen-bond donors (Lipinski definition) is 1. The second-order valence-corrected chi connectivity index (χ2v) is 5.44. The SMILES string of the molecule is C1=C(c2cnc(CC3CC3)[nH]2)Cc2ccccc21. The van der Waals surface area contributed by atoms with E-state index in [1.54, 1.807) is 0 Å². The maximum atomic E-state index is 4.51. The Morgan fingerprint density at radius 3 is 2.94 bits per heavy atom. The summed E-state index contributed by atoms with van der Waals surface area (Å²) in [4.78, 5) is 7.99. The first-order valence-electron chi connectivity index (χ1n) is 6.71. The van der Waals surface area contributed by atoms with Crippen LogP contribution in [-0.2, 0) is 12.8 Å². The average Bonchev–Trinajstić information content (AvgIpc) is 2.92. The Hall–Kier alpha value is -1.83. The Bertz CT molecular complexity index is 618. The largest absolute Gasteiger partial charge is 0.342 e. The minimum atomic E-state index is 0.888. The molecule has 90 valence electrons. The fraction of sp³-hybridized carbons (Fsp3) is 0.312. The van der Waals surface area contributed by atoms with Crippen LogP contribution < -0.4 is 0 Å². The second-order valence-electron chi connectivity index (χ2n) is 5.44. The number of benzene rings is 1. The van der Waals surface area contributed by atoms with Gasteiger partial charge in [0.2, 0.25) is 0 Å². The maximum absolute atomic E-state index is 4.51. The minimum Gasteiger partial charge on any atom is -0.342 e. The predicted octanol–water partition coefficient (Wildman–Crippen LogP) is 3.46. The predicted molar refractivity (Wildman–Crippen MR) is 73.0 cm³/mol. The van der Waals surface area contributed by atoms with E-state index < -0.39 is 0 Å². The summed E-state index contributed by atoms with van der Waals surface area (Å²) in [6.45, 7) is 0. The van der Waals surface area contributed by atoms with E-state index in [9.17, 15) is 0 Å². The molecule has 0 atom stereocenters. The standard InChI is InChI=1S/C16H16N2/c1-2-4-13-9-14(8-12(13)3-1)15-10-17-16(18-15)7-11-5-6-11/h1-4,8,10-11H,5-7,9H2,(H,17,18).